The normalized spacial score (nSPS) is 15.6. The summed E-state index contributed by atoms with van der Waals surface area (Å²) in [5.41, 5.74) is 12.5. The number of nitrogen functional groups attached to an aromatic ring is 2. The molecule has 8 heteroatoms. The largest absolute Gasteiger partial charge is 0.369 e. The van der Waals surface area contributed by atoms with Crippen LogP contribution in [-0.2, 0) is 0 Å². The highest BCUT2D eigenvalue weighted by Crippen LogP contribution is 2.27. The zero-order valence-corrected chi connectivity index (χ0v) is 16.2. The van der Waals surface area contributed by atoms with E-state index in [-0.39, 0.29) is 17.7 Å². The van der Waals surface area contributed by atoms with Crippen LogP contribution in [0.1, 0.15) is 39.5 Å². The number of anilines is 3. The molecule has 0 unspecified atom stereocenters. The molecular weight excluding hydrogens is 345 g/mol. The summed E-state index contributed by atoms with van der Waals surface area (Å²) in [5, 5.41) is 4.00. The van der Waals surface area contributed by atoms with E-state index in [9.17, 15) is 4.39 Å². The lowest BCUT2D eigenvalue weighted by molar-refractivity contribution is 0.169. The minimum atomic E-state index is -0.279. The molecule has 0 spiro atoms. The van der Waals surface area contributed by atoms with E-state index in [0.717, 1.165) is 39.0 Å². The number of aromatic nitrogens is 3. The summed E-state index contributed by atoms with van der Waals surface area (Å²) < 4.78 is 16.1. The van der Waals surface area contributed by atoms with Crippen LogP contribution >= 0.6 is 0 Å². The molecule has 0 aliphatic carbocycles. The topological polar surface area (TPSA) is 89.2 Å². The van der Waals surface area contributed by atoms with Crippen LogP contribution in [0.2, 0.25) is 0 Å². The Bertz CT molecular complexity index is 747. The van der Waals surface area contributed by atoms with Crippen LogP contribution in [0.4, 0.5) is 22.0 Å². The van der Waals surface area contributed by atoms with Gasteiger partial charge in [-0.05, 0) is 50.9 Å². The fourth-order valence-corrected chi connectivity index (χ4v) is 3.94. The summed E-state index contributed by atoms with van der Waals surface area (Å²) in [4.78, 5) is 8.58. The van der Waals surface area contributed by atoms with Crippen molar-refractivity contribution in [1.29, 1.82) is 0 Å². The van der Waals surface area contributed by atoms with Crippen molar-refractivity contribution in [2.45, 2.75) is 45.6 Å². The van der Waals surface area contributed by atoms with Crippen molar-refractivity contribution in [3.05, 3.63) is 24.0 Å². The number of hydrogen-bond acceptors (Lipinski definition) is 6. The fraction of sp³-hybridized carbons (Fsp3) is 0.579. The number of benzene rings is 1. The average molecular weight is 375 g/mol. The van der Waals surface area contributed by atoms with Gasteiger partial charge in [0.25, 0.3) is 0 Å². The summed E-state index contributed by atoms with van der Waals surface area (Å²) in [5.74, 6) is -0.0615. The van der Waals surface area contributed by atoms with E-state index >= 15 is 0 Å². The molecule has 0 saturated carbocycles. The molecule has 0 atom stereocenters. The van der Waals surface area contributed by atoms with Crippen LogP contribution in [0, 0.1) is 5.82 Å². The van der Waals surface area contributed by atoms with Gasteiger partial charge in [0, 0.05) is 25.2 Å². The average Bonchev–Trinajstić information content (AvgIpc) is 3.00. The predicted octanol–water partition coefficient (Wildman–Crippen LogP) is 2.66. The maximum Gasteiger partial charge on any atom is 0.241 e. The zero-order valence-electron chi connectivity index (χ0n) is 16.2. The summed E-state index contributed by atoms with van der Waals surface area (Å²) >= 11 is 0. The standard InChI is InChI=1S/C19H30FN7/c1-3-9-25(10-4-2)14-7-11-26(12-8-14)17-6-5-15(13-16(17)20)27-19(22)23-18(21)24-27/h5-6,13-14H,3-4,7-12H2,1-2H3,(H4,21,22,23,24). The Morgan fingerprint density at radius 1 is 1.15 bits per heavy atom. The first-order valence-corrected chi connectivity index (χ1v) is 9.80. The Morgan fingerprint density at radius 2 is 1.81 bits per heavy atom. The molecule has 4 N–H and O–H groups in total. The molecule has 0 bridgehead atoms. The van der Waals surface area contributed by atoms with Gasteiger partial charge in [-0.25, -0.2) is 4.39 Å². The number of nitrogens with zero attached hydrogens (tertiary/aromatic N) is 5. The minimum absolute atomic E-state index is 0.0720. The quantitative estimate of drug-likeness (QED) is 0.773. The Hall–Kier alpha value is -2.35. The van der Waals surface area contributed by atoms with Gasteiger partial charge in [0.05, 0.1) is 11.4 Å². The molecule has 7 nitrogen and oxygen atoms in total. The van der Waals surface area contributed by atoms with Crippen LogP contribution < -0.4 is 16.4 Å². The van der Waals surface area contributed by atoms with Gasteiger partial charge in [0.15, 0.2) is 0 Å². The van der Waals surface area contributed by atoms with E-state index in [4.69, 9.17) is 11.5 Å². The fourth-order valence-electron chi connectivity index (χ4n) is 3.94. The van der Waals surface area contributed by atoms with E-state index in [1.807, 2.05) is 0 Å². The van der Waals surface area contributed by atoms with Crippen LogP contribution in [0.5, 0.6) is 0 Å². The van der Waals surface area contributed by atoms with E-state index in [1.54, 1.807) is 12.1 Å². The number of hydrogen-bond donors (Lipinski definition) is 2. The Balaban J connectivity index is 1.68. The van der Waals surface area contributed by atoms with E-state index in [2.05, 4.69) is 33.7 Å². The Kier molecular flexibility index (Phi) is 6.15. The van der Waals surface area contributed by atoms with Gasteiger partial charge < -0.3 is 21.3 Å². The molecule has 27 heavy (non-hydrogen) atoms. The van der Waals surface area contributed by atoms with Crippen molar-refractivity contribution in [1.82, 2.24) is 19.7 Å². The highest BCUT2D eigenvalue weighted by atomic mass is 19.1. The van der Waals surface area contributed by atoms with Crippen molar-refractivity contribution in [2.75, 3.05) is 42.5 Å². The summed E-state index contributed by atoms with van der Waals surface area (Å²) in [6, 6.07) is 5.63. The van der Waals surface area contributed by atoms with E-state index < -0.39 is 0 Å². The van der Waals surface area contributed by atoms with Gasteiger partial charge in [-0.3, -0.25) is 0 Å². The molecule has 3 rings (SSSR count). The molecule has 148 valence electrons. The monoisotopic (exact) mass is 375 g/mol. The lowest BCUT2D eigenvalue weighted by Crippen LogP contribution is -2.45. The molecular formula is C19H30FN7. The van der Waals surface area contributed by atoms with Gasteiger partial charge in [-0.1, -0.05) is 13.8 Å². The predicted molar refractivity (Wildman–Crippen MR) is 108 cm³/mol. The smallest absolute Gasteiger partial charge is 0.241 e. The zero-order chi connectivity index (χ0) is 19.4. The van der Waals surface area contributed by atoms with Crippen molar-refractivity contribution >= 4 is 17.6 Å². The number of piperidine rings is 1. The maximum absolute atomic E-state index is 14.8. The van der Waals surface area contributed by atoms with Crippen LogP contribution in [-0.4, -0.2) is 51.9 Å². The number of halogens is 1. The van der Waals surface area contributed by atoms with Crippen molar-refractivity contribution in [3.8, 4) is 5.69 Å². The third-order valence-electron chi connectivity index (χ3n) is 5.17. The second-order valence-electron chi connectivity index (χ2n) is 7.13. The van der Waals surface area contributed by atoms with Crippen LogP contribution in [0.25, 0.3) is 5.69 Å². The Labute approximate surface area is 160 Å². The molecule has 1 fully saturated rings. The minimum Gasteiger partial charge on any atom is -0.369 e. The lowest BCUT2D eigenvalue weighted by Gasteiger charge is -2.39. The molecule has 0 amide bonds. The molecule has 1 aliphatic rings. The molecule has 1 aromatic heterocycles. The van der Waals surface area contributed by atoms with Gasteiger partial charge in [-0.15, -0.1) is 5.10 Å². The second-order valence-corrected chi connectivity index (χ2v) is 7.13. The third kappa shape index (κ3) is 4.32. The molecule has 0 radical (unpaired) electrons. The highest BCUT2D eigenvalue weighted by Gasteiger charge is 2.25. The molecule has 2 aromatic rings. The van der Waals surface area contributed by atoms with E-state index in [0.29, 0.717) is 17.4 Å². The van der Waals surface area contributed by atoms with Crippen molar-refractivity contribution in [2.24, 2.45) is 0 Å². The first kappa shape index (κ1) is 19.4. The highest BCUT2D eigenvalue weighted by molar-refractivity contribution is 5.54. The number of rotatable bonds is 7. The van der Waals surface area contributed by atoms with Crippen LogP contribution in [0.15, 0.2) is 18.2 Å². The second kappa shape index (κ2) is 8.56. The van der Waals surface area contributed by atoms with Gasteiger partial charge >= 0.3 is 0 Å². The Morgan fingerprint density at radius 3 is 2.33 bits per heavy atom. The molecule has 1 saturated heterocycles. The third-order valence-corrected chi connectivity index (χ3v) is 5.17. The van der Waals surface area contributed by atoms with Gasteiger partial charge in [0.1, 0.15) is 5.82 Å². The first-order chi connectivity index (χ1) is 13.0. The maximum atomic E-state index is 14.8. The summed E-state index contributed by atoms with van der Waals surface area (Å²) in [6.07, 6.45) is 4.47. The van der Waals surface area contributed by atoms with Gasteiger partial charge in [0.2, 0.25) is 11.9 Å². The molecule has 1 aliphatic heterocycles. The first-order valence-electron chi connectivity index (χ1n) is 9.80. The van der Waals surface area contributed by atoms with Crippen molar-refractivity contribution < 1.29 is 4.39 Å². The lowest BCUT2D eigenvalue weighted by atomic mass is 10.0. The SMILES string of the molecule is CCCN(CCC)C1CCN(c2ccc(-n3nc(N)nc3N)cc2F)CC1. The summed E-state index contributed by atoms with van der Waals surface area (Å²) in [7, 11) is 0. The number of nitrogens with two attached hydrogens (primary N) is 2. The summed E-state index contributed by atoms with van der Waals surface area (Å²) in [6.45, 7) is 8.47. The van der Waals surface area contributed by atoms with E-state index in [1.165, 1.54) is 23.6 Å². The molecule has 1 aromatic carbocycles. The van der Waals surface area contributed by atoms with Crippen LogP contribution in [0.3, 0.4) is 0 Å². The molecule has 2 heterocycles. The van der Waals surface area contributed by atoms with Gasteiger partial charge in [-0.2, -0.15) is 9.67 Å². The van der Waals surface area contributed by atoms with Crippen molar-refractivity contribution in [3.63, 3.8) is 0 Å².